The maximum absolute atomic E-state index is 4.86. The summed E-state index contributed by atoms with van der Waals surface area (Å²) in [7, 11) is 1.95. The number of hydrogen-bond donors (Lipinski definition) is 3. The molecule has 0 fully saturated rings. The van der Waals surface area contributed by atoms with Crippen molar-refractivity contribution in [2.24, 2.45) is 0 Å². The molecule has 0 saturated heterocycles. The summed E-state index contributed by atoms with van der Waals surface area (Å²) in [4.78, 5) is 0. The second-order valence-corrected chi connectivity index (χ2v) is 11.4. The van der Waals surface area contributed by atoms with E-state index in [9.17, 15) is 0 Å². The van der Waals surface area contributed by atoms with Crippen molar-refractivity contribution in [3.05, 3.63) is 119 Å². The molecule has 6 nitrogen and oxygen atoms in total. The molecule has 3 N–H and O–H groups in total. The number of aryl methyl sites for hydroxylation is 1. The largest absolute Gasteiger partial charge is 0.316 e. The number of rotatable bonds is 5. The van der Waals surface area contributed by atoms with E-state index in [1.54, 1.807) is 0 Å². The fraction of sp³-hybridized carbons (Fsp3) is 0.135. The zero-order valence-electron chi connectivity index (χ0n) is 24.3. The molecule has 0 atom stereocenters. The lowest BCUT2D eigenvalue weighted by atomic mass is 10.0. The quantitative estimate of drug-likeness (QED) is 0.180. The first kappa shape index (κ1) is 25.7. The Bertz CT molecular complexity index is 2410. The van der Waals surface area contributed by atoms with Crippen LogP contribution in [0.15, 0.2) is 91.3 Å². The predicted molar refractivity (Wildman–Crippen MR) is 181 cm³/mol. The lowest BCUT2D eigenvalue weighted by molar-refractivity contribution is 0.632. The summed E-state index contributed by atoms with van der Waals surface area (Å²) in [5, 5.41) is 16.8. The third-order valence-corrected chi connectivity index (χ3v) is 8.82. The number of fused-ring (bicyclic) bond motifs is 6. The minimum absolute atomic E-state index is 0.754. The van der Waals surface area contributed by atoms with Crippen molar-refractivity contribution >= 4 is 62.8 Å². The average Bonchev–Trinajstić information content (AvgIpc) is 3.53. The summed E-state index contributed by atoms with van der Waals surface area (Å²) in [5.74, 6) is 0. The number of para-hydroxylation sites is 1. The molecule has 4 heterocycles. The van der Waals surface area contributed by atoms with Crippen LogP contribution in [0, 0.1) is 0 Å². The van der Waals surface area contributed by atoms with Crippen LogP contribution in [-0.4, -0.2) is 32.3 Å². The minimum Gasteiger partial charge on any atom is -0.316 e. The molecular weight excluding hydrogens is 528 g/mol. The van der Waals surface area contributed by atoms with E-state index in [0.717, 1.165) is 75.1 Å². The molecule has 212 valence electrons. The number of H-pyrrole nitrogens is 1. The molecule has 0 unspecified atom stereocenters. The van der Waals surface area contributed by atoms with Crippen LogP contribution < -0.4 is 21.2 Å². The van der Waals surface area contributed by atoms with Crippen LogP contribution >= 0.6 is 0 Å². The fourth-order valence-electron chi connectivity index (χ4n) is 6.98. The molecule has 43 heavy (non-hydrogen) atoms. The van der Waals surface area contributed by atoms with Gasteiger partial charge in [-0.25, -0.2) is 0 Å². The van der Waals surface area contributed by atoms with Gasteiger partial charge in [0.05, 0.1) is 22.1 Å². The molecule has 4 aromatic heterocycles. The number of nitrogens with zero attached hydrogens (tertiary/aromatic N) is 3. The van der Waals surface area contributed by atoms with Crippen LogP contribution in [0.3, 0.4) is 0 Å². The van der Waals surface area contributed by atoms with Crippen LogP contribution in [0.2, 0.25) is 0 Å². The lowest BCUT2D eigenvalue weighted by Crippen LogP contribution is -2.25. The van der Waals surface area contributed by atoms with E-state index < -0.39 is 0 Å². The first-order valence-electron chi connectivity index (χ1n) is 14.9. The Hall–Kier alpha value is -5.04. The van der Waals surface area contributed by atoms with Crippen molar-refractivity contribution in [3.8, 4) is 5.69 Å². The monoisotopic (exact) mass is 562 g/mol. The highest BCUT2D eigenvalue weighted by Gasteiger charge is 2.20. The van der Waals surface area contributed by atoms with Crippen molar-refractivity contribution in [1.29, 1.82) is 0 Å². The molecule has 0 aliphatic heterocycles. The van der Waals surface area contributed by atoms with Gasteiger partial charge in [0.25, 0.3) is 0 Å². The molecule has 0 amide bonds. The Morgan fingerprint density at radius 1 is 0.884 bits per heavy atom. The fourth-order valence-corrected chi connectivity index (χ4v) is 6.98. The maximum atomic E-state index is 4.86. The number of benzene rings is 3. The van der Waals surface area contributed by atoms with Gasteiger partial charge in [-0.1, -0.05) is 61.7 Å². The van der Waals surface area contributed by atoms with Crippen LogP contribution in [0.4, 0.5) is 0 Å². The van der Waals surface area contributed by atoms with Gasteiger partial charge in [0.15, 0.2) is 0 Å². The minimum atomic E-state index is 0.754. The topological polar surface area (TPSA) is 53.6 Å². The van der Waals surface area contributed by atoms with Gasteiger partial charge in [-0.3, -0.25) is 4.52 Å². The highest BCUT2D eigenvalue weighted by atomic mass is 15.2. The van der Waals surface area contributed by atoms with Crippen molar-refractivity contribution in [2.75, 3.05) is 13.7 Å². The van der Waals surface area contributed by atoms with Crippen LogP contribution in [-0.2, 0) is 13.0 Å². The van der Waals surface area contributed by atoms with E-state index in [-0.39, 0.29) is 0 Å². The van der Waals surface area contributed by atoms with Gasteiger partial charge in [0.2, 0.25) is 0 Å². The maximum Gasteiger partial charge on any atom is 0.0784 e. The average molecular weight is 563 g/mol. The standard InChI is InChI=1S/C37H34N6/c1-24-17-19-40-43-33-14-7-5-12-29(33)31-18-20-41(27-10-8-9-26(21-27)22-39-23-38-3)34-16-15-30-28-11-4-6-13-32(28)42(24)37(30)35(34)25(2)36(31)43/h4-5,7-12,14-21,38-40H,1-2,6,13,22-23H2,3H3. The second kappa shape index (κ2) is 10.1. The summed E-state index contributed by atoms with van der Waals surface area (Å²) < 4.78 is 6.86. The van der Waals surface area contributed by atoms with Crippen molar-refractivity contribution < 1.29 is 0 Å². The molecule has 6 heteroatoms. The first-order chi connectivity index (χ1) is 21.2. The zero-order valence-corrected chi connectivity index (χ0v) is 24.3. The Morgan fingerprint density at radius 3 is 2.70 bits per heavy atom. The van der Waals surface area contributed by atoms with E-state index in [0.29, 0.717) is 0 Å². The van der Waals surface area contributed by atoms with Gasteiger partial charge in [0, 0.05) is 74.7 Å². The molecule has 7 aromatic rings. The smallest absolute Gasteiger partial charge is 0.0784 e. The molecule has 0 spiro atoms. The van der Waals surface area contributed by atoms with Gasteiger partial charge < -0.3 is 24.7 Å². The number of aromatic nitrogens is 4. The second-order valence-electron chi connectivity index (χ2n) is 11.4. The first-order valence-corrected chi connectivity index (χ1v) is 14.9. The third kappa shape index (κ3) is 3.88. The Labute approximate surface area is 249 Å². The molecule has 1 aliphatic carbocycles. The van der Waals surface area contributed by atoms with Crippen LogP contribution in [0.1, 0.15) is 23.2 Å². The highest BCUT2D eigenvalue weighted by molar-refractivity contribution is 6.14. The molecule has 0 saturated carbocycles. The summed E-state index contributed by atoms with van der Waals surface area (Å²) >= 11 is 0. The molecule has 8 rings (SSSR count). The van der Waals surface area contributed by atoms with Gasteiger partial charge in [0.1, 0.15) is 0 Å². The van der Waals surface area contributed by atoms with Crippen molar-refractivity contribution in [2.45, 2.75) is 19.4 Å². The van der Waals surface area contributed by atoms with Crippen molar-refractivity contribution in [1.82, 2.24) is 29.2 Å². The third-order valence-electron chi connectivity index (χ3n) is 8.82. The summed E-state index contributed by atoms with van der Waals surface area (Å²) in [5.41, 5.74) is 9.33. The van der Waals surface area contributed by atoms with Crippen LogP contribution in [0.5, 0.6) is 0 Å². The number of nitrogens with one attached hydrogen (secondary N) is 3. The summed E-state index contributed by atoms with van der Waals surface area (Å²) in [6.07, 6.45) is 10.8. The van der Waals surface area contributed by atoms with Gasteiger partial charge in [-0.15, -0.1) is 0 Å². The Morgan fingerprint density at radius 2 is 1.79 bits per heavy atom. The number of aromatic amines is 1. The highest BCUT2D eigenvalue weighted by Crippen LogP contribution is 2.34. The summed E-state index contributed by atoms with van der Waals surface area (Å²) in [6.45, 7) is 11.0. The van der Waals surface area contributed by atoms with E-state index in [4.69, 9.17) is 6.58 Å². The van der Waals surface area contributed by atoms with E-state index in [2.05, 4.69) is 127 Å². The predicted octanol–water partition coefficient (Wildman–Crippen LogP) is 5.94. The van der Waals surface area contributed by atoms with Gasteiger partial charge in [-0.05, 0) is 61.9 Å². The van der Waals surface area contributed by atoms with Gasteiger partial charge >= 0.3 is 0 Å². The Balaban J connectivity index is 1.63. The summed E-state index contributed by atoms with van der Waals surface area (Å²) in [6, 6.07) is 26.2. The van der Waals surface area contributed by atoms with Crippen molar-refractivity contribution in [3.63, 3.8) is 0 Å². The zero-order chi connectivity index (χ0) is 29.1. The molecular formula is C37H34N6. The lowest BCUT2D eigenvalue weighted by Gasteiger charge is -2.14. The SMILES string of the molecule is C=c1c2c3ccc4c5c(n(c(=C)cc[nH]n6c7ccccc7c(ccn3-c3cccc(CNCNC)c3)c16)c42)CCC=C5. The van der Waals surface area contributed by atoms with Gasteiger partial charge in [-0.2, -0.15) is 0 Å². The Kier molecular flexibility index (Phi) is 6.00. The number of allylic oxidation sites excluding steroid dienone is 1. The van der Waals surface area contributed by atoms with E-state index in [1.807, 2.05) is 13.2 Å². The van der Waals surface area contributed by atoms with E-state index in [1.165, 1.54) is 27.6 Å². The molecule has 1 aliphatic rings. The normalized spacial score (nSPS) is 13.0. The van der Waals surface area contributed by atoms with E-state index >= 15 is 0 Å². The molecule has 2 bridgehead atoms. The molecule has 0 radical (unpaired) electrons. The number of hydrogen-bond acceptors (Lipinski definition) is 2. The van der Waals surface area contributed by atoms with Crippen LogP contribution in [0.25, 0.3) is 68.5 Å². The molecule has 3 aromatic carbocycles.